The van der Waals surface area contributed by atoms with E-state index in [2.05, 4.69) is 34.1 Å². The summed E-state index contributed by atoms with van der Waals surface area (Å²) < 4.78 is 35.4. The summed E-state index contributed by atoms with van der Waals surface area (Å²) in [6.45, 7) is 7.45. The van der Waals surface area contributed by atoms with E-state index in [1.807, 2.05) is 28.8 Å². The molecule has 4 aromatic rings. The normalized spacial score (nSPS) is 11.3. The molecule has 0 radical (unpaired) electrons. The lowest BCUT2D eigenvalue weighted by Crippen LogP contribution is -2.27. The van der Waals surface area contributed by atoms with E-state index in [0.29, 0.717) is 12.5 Å². The Balaban J connectivity index is 1.47. The fourth-order valence-electron chi connectivity index (χ4n) is 3.63. The number of nitrogens with one attached hydrogen (secondary N) is 1. The number of carbonyl (C=O) groups is 1. The van der Waals surface area contributed by atoms with Crippen LogP contribution in [0.1, 0.15) is 24.3 Å². The van der Waals surface area contributed by atoms with Gasteiger partial charge in [-0.2, -0.15) is 5.10 Å². The largest absolute Gasteiger partial charge is 0.468 e. The van der Waals surface area contributed by atoms with Gasteiger partial charge in [0.2, 0.25) is 5.95 Å². The number of ether oxygens (including phenoxy) is 1. The number of carbonyl (C=O) groups excluding carboxylic acids is 1. The molecule has 4 rings (SSSR count). The van der Waals surface area contributed by atoms with Gasteiger partial charge >= 0.3 is 0 Å². The molecule has 2 heterocycles. The van der Waals surface area contributed by atoms with Crippen molar-refractivity contribution in [1.29, 1.82) is 0 Å². The second-order valence-electron chi connectivity index (χ2n) is 7.65. The smallest absolute Gasteiger partial charge is 0.278 e. The van der Waals surface area contributed by atoms with E-state index in [9.17, 15) is 13.6 Å². The molecule has 8 nitrogen and oxygen atoms in total. The van der Waals surface area contributed by atoms with Crippen molar-refractivity contribution < 1.29 is 18.3 Å². The second-order valence-corrected chi connectivity index (χ2v) is 7.65. The lowest BCUT2D eigenvalue weighted by atomic mass is 10.3. The molecule has 0 aliphatic rings. The summed E-state index contributed by atoms with van der Waals surface area (Å²) in [7, 11) is 0. The van der Waals surface area contributed by atoms with Crippen LogP contribution in [0.3, 0.4) is 0 Å². The number of anilines is 1. The minimum Gasteiger partial charge on any atom is -0.468 e. The van der Waals surface area contributed by atoms with Crippen LogP contribution in [0.4, 0.5) is 14.7 Å². The number of hydrogen-bond acceptors (Lipinski definition) is 5. The number of amides is 1. The van der Waals surface area contributed by atoms with E-state index in [4.69, 9.17) is 4.74 Å². The van der Waals surface area contributed by atoms with Gasteiger partial charge in [-0.15, -0.1) is 0 Å². The Labute approximate surface area is 195 Å². The first-order valence-corrected chi connectivity index (χ1v) is 11.1. The van der Waals surface area contributed by atoms with Crippen molar-refractivity contribution in [3.8, 4) is 5.75 Å². The van der Waals surface area contributed by atoms with Gasteiger partial charge in [-0.05, 0) is 43.4 Å². The molecule has 0 atom stereocenters. The van der Waals surface area contributed by atoms with Crippen molar-refractivity contribution in [2.24, 2.45) is 0 Å². The molecule has 0 aliphatic carbocycles. The average molecular weight is 469 g/mol. The van der Waals surface area contributed by atoms with Crippen LogP contribution in [0.2, 0.25) is 0 Å². The monoisotopic (exact) mass is 468 g/mol. The molecule has 0 saturated heterocycles. The predicted octanol–water partition coefficient (Wildman–Crippen LogP) is 4.14. The SMILES string of the molecule is CCN(CC)CCn1c(NC(=O)c2ccn(COc3ccc(F)cc3F)n2)nc2ccccc21. The van der Waals surface area contributed by atoms with Gasteiger partial charge in [0.25, 0.3) is 5.91 Å². The van der Waals surface area contributed by atoms with Gasteiger partial charge in [0, 0.05) is 25.4 Å². The minimum atomic E-state index is -0.811. The fourth-order valence-corrected chi connectivity index (χ4v) is 3.63. The zero-order valence-corrected chi connectivity index (χ0v) is 19.0. The molecule has 0 spiro atoms. The number of likely N-dealkylation sites (N-methyl/N-ethyl adjacent to an activating group) is 1. The van der Waals surface area contributed by atoms with Crippen LogP contribution < -0.4 is 10.1 Å². The van der Waals surface area contributed by atoms with Crippen LogP contribution in [0, 0.1) is 11.6 Å². The molecule has 0 fully saturated rings. The Morgan fingerprint density at radius 2 is 1.91 bits per heavy atom. The van der Waals surface area contributed by atoms with Crippen LogP contribution in [0.15, 0.2) is 54.7 Å². The number of benzene rings is 2. The Morgan fingerprint density at radius 1 is 1.12 bits per heavy atom. The summed E-state index contributed by atoms with van der Waals surface area (Å²) in [5.41, 5.74) is 1.88. The zero-order valence-electron chi connectivity index (χ0n) is 19.0. The standard InChI is InChI=1S/C24H26F2N6O2/c1-3-30(4-2)13-14-32-21-8-6-5-7-19(21)27-24(32)28-23(33)20-11-12-31(29-20)16-34-22-10-9-17(25)15-18(22)26/h5-12,15H,3-4,13-14,16H2,1-2H3,(H,27,28,33). The third-order valence-corrected chi connectivity index (χ3v) is 5.53. The fraction of sp³-hybridized carbons (Fsp3) is 0.292. The Bertz CT molecular complexity index is 1280. The summed E-state index contributed by atoms with van der Waals surface area (Å²) in [6, 6.07) is 12.3. The lowest BCUT2D eigenvalue weighted by Gasteiger charge is -2.19. The highest BCUT2D eigenvalue weighted by molar-refractivity contribution is 6.02. The van der Waals surface area contributed by atoms with Crippen molar-refractivity contribution in [2.75, 3.05) is 25.0 Å². The number of fused-ring (bicyclic) bond motifs is 1. The predicted molar refractivity (Wildman–Crippen MR) is 125 cm³/mol. The Hall–Kier alpha value is -3.79. The van der Waals surface area contributed by atoms with Crippen LogP contribution >= 0.6 is 0 Å². The van der Waals surface area contributed by atoms with Gasteiger partial charge < -0.3 is 14.2 Å². The number of nitrogens with zero attached hydrogens (tertiary/aromatic N) is 5. The maximum absolute atomic E-state index is 13.7. The highest BCUT2D eigenvalue weighted by Crippen LogP contribution is 2.21. The van der Waals surface area contributed by atoms with E-state index >= 15 is 0 Å². The third-order valence-electron chi connectivity index (χ3n) is 5.53. The van der Waals surface area contributed by atoms with Gasteiger partial charge in [0.15, 0.2) is 24.0 Å². The molecular weight excluding hydrogens is 442 g/mol. The van der Waals surface area contributed by atoms with E-state index in [0.717, 1.165) is 42.8 Å². The van der Waals surface area contributed by atoms with Crippen LogP contribution in [-0.4, -0.2) is 49.8 Å². The van der Waals surface area contributed by atoms with Crippen molar-refractivity contribution in [3.63, 3.8) is 0 Å². The molecule has 34 heavy (non-hydrogen) atoms. The molecule has 178 valence electrons. The average Bonchev–Trinajstić information content (AvgIpc) is 3.44. The molecule has 1 N–H and O–H groups in total. The molecule has 10 heteroatoms. The summed E-state index contributed by atoms with van der Waals surface area (Å²) in [4.78, 5) is 19.8. The number of para-hydroxylation sites is 2. The van der Waals surface area contributed by atoms with E-state index in [-0.39, 0.29) is 18.2 Å². The van der Waals surface area contributed by atoms with Gasteiger partial charge in [0.1, 0.15) is 5.82 Å². The van der Waals surface area contributed by atoms with Gasteiger partial charge in [0.05, 0.1) is 11.0 Å². The molecule has 0 bridgehead atoms. The first kappa shape index (κ1) is 23.4. The van der Waals surface area contributed by atoms with Crippen molar-refractivity contribution >= 4 is 22.9 Å². The lowest BCUT2D eigenvalue weighted by molar-refractivity contribution is 0.101. The first-order chi connectivity index (χ1) is 16.5. The van der Waals surface area contributed by atoms with Gasteiger partial charge in [-0.3, -0.25) is 10.1 Å². The quantitative estimate of drug-likeness (QED) is 0.379. The molecule has 1 amide bonds. The summed E-state index contributed by atoms with van der Waals surface area (Å²) >= 11 is 0. The molecule has 0 saturated carbocycles. The van der Waals surface area contributed by atoms with E-state index < -0.39 is 17.5 Å². The first-order valence-electron chi connectivity index (χ1n) is 11.1. The number of halogens is 2. The number of rotatable bonds is 10. The topological polar surface area (TPSA) is 77.2 Å². The maximum Gasteiger partial charge on any atom is 0.278 e. The molecule has 2 aromatic carbocycles. The Kier molecular flexibility index (Phi) is 7.17. The Morgan fingerprint density at radius 3 is 2.68 bits per heavy atom. The summed E-state index contributed by atoms with van der Waals surface area (Å²) in [5.74, 6) is -1.59. The van der Waals surface area contributed by atoms with Crippen molar-refractivity contribution in [3.05, 3.63) is 72.1 Å². The van der Waals surface area contributed by atoms with Crippen LogP contribution in [0.5, 0.6) is 5.75 Å². The van der Waals surface area contributed by atoms with Crippen LogP contribution in [-0.2, 0) is 13.3 Å². The summed E-state index contributed by atoms with van der Waals surface area (Å²) in [5, 5.41) is 7.05. The molecule has 0 aliphatic heterocycles. The molecule has 2 aromatic heterocycles. The van der Waals surface area contributed by atoms with Crippen molar-refractivity contribution in [2.45, 2.75) is 27.1 Å². The number of imidazole rings is 1. The third kappa shape index (κ3) is 5.23. The minimum absolute atomic E-state index is 0.107. The van der Waals surface area contributed by atoms with Gasteiger partial charge in [-0.25, -0.2) is 18.4 Å². The van der Waals surface area contributed by atoms with E-state index in [1.54, 1.807) is 6.20 Å². The highest BCUT2D eigenvalue weighted by Gasteiger charge is 2.17. The highest BCUT2D eigenvalue weighted by atomic mass is 19.1. The van der Waals surface area contributed by atoms with Crippen LogP contribution in [0.25, 0.3) is 11.0 Å². The molecular formula is C24H26F2N6O2. The van der Waals surface area contributed by atoms with E-state index in [1.165, 1.54) is 16.8 Å². The van der Waals surface area contributed by atoms with Gasteiger partial charge in [-0.1, -0.05) is 26.0 Å². The summed E-state index contributed by atoms with van der Waals surface area (Å²) in [6.07, 6.45) is 1.54. The maximum atomic E-state index is 13.7. The van der Waals surface area contributed by atoms with Crippen molar-refractivity contribution in [1.82, 2.24) is 24.2 Å². The number of aromatic nitrogens is 4. The molecule has 0 unspecified atom stereocenters. The zero-order chi connectivity index (χ0) is 24.1. The second kappa shape index (κ2) is 10.4. The number of hydrogen-bond donors (Lipinski definition) is 1.